The van der Waals surface area contributed by atoms with E-state index in [2.05, 4.69) is 18.1 Å². The Kier molecular flexibility index (Phi) is 9.68. The van der Waals surface area contributed by atoms with Crippen LogP contribution in [0, 0.1) is 6.92 Å². The first kappa shape index (κ1) is 28.3. The first-order chi connectivity index (χ1) is 19.0. The highest BCUT2D eigenvalue weighted by molar-refractivity contribution is 7.15. The lowest BCUT2D eigenvalue weighted by atomic mass is 10.0. The molecule has 0 aliphatic heterocycles. The van der Waals surface area contributed by atoms with Crippen molar-refractivity contribution in [3.8, 4) is 27.5 Å². The first-order valence-corrected chi connectivity index (χ1v) is 13.9. The Bertz CT molecular complexity index is 1390. The number of aryl methyl sites for hydroxylation is 1. The number of esters is 1. The molecule has 1 unspecified atom stereocenters. The van der Waals surface area contributed by atoms with Crippen LogP contribution in [0.4, 0.5) is 0 Å². The summed E-state index contributed by atoms with van der Waals surface area (Å²) < 4.78 is 22.1. The number of rotatable bonds is 13. The highest BCUT2D eigenvalue weighted by atomic mass is 32.1. The van der Waals surface area contributed by atoms with Gasteiger partial charge in [-0.1, -0.05) is 48.5 Å². The maximum atomic E-state index is 12.2. The number of aldehydes is 1. The molecule has 8 heteroatoms. The largest absolute Gasteiger partial charge is 0.488 e. The molecule has 0 radical (unpaired) electrons. The third-order valence-corrected chi connectivity index (χ3v) is 7.59. The number of carbonyl (C=O) groups excluding carboxylic acids is 2. The molecule has 4 aromatic rings. The van der Waals surface area contributed by atoms with Gasteiger partial charge in [0.05, 0.1) is 6.61 Å². The zero-order valence-corrected chi connectivity index (χ0v) is 23.5. The maximum absolute atomic E-state index is 12.2. The first-order valence-electron chi connectivity index (χ1n) is 13.1. The van der Waals surface area contributed by atoms with E-state index in [1.54, 1.807) is 18.3 Å². The quantitative estimate of drug-likeness (QED) is 0.134. The molecule has 0 aliphatic carbocycles. The lowest BCUT2D eigenvalue weighted by Gasteiger charge is -2.11. The standard InChI is InChI=1S/C31H33NO6S/c1-5-26-29(31(34)36-7-3)32-38-30(26)23-12-10-22(11-13-23)27-16-20(4)28(39-27)19-37-24-14-8-21(9-15-24)17-25(18-33)35-6-2/h8-16,18,25H,5-7,17,19H2,1-4H3. The molecule has 2 heterocycles. The van der Waals surface area contributed by atoms with Crippen LogP contribution < -0.4 is 4.74 Å². The molecule has 204 valence electrons. The van der Waals surface area contributed by atoms with Crippen molar-refractivity contribution < 1.29 is 28.3 Å². The molecule has 0 aliphatic rings. The van der Waals surface area contributed by atoms with Crippen LogP contribution >= 0.6 is 11.3 Å². The third-order valence-electron chi connectivity index (χ3n) is 6.33. The number of nitrogens with zero attached hydrogens (tertiary/aromatic N) is 1. The van der Waals surface area contributed by atoms with Crippen molar-refractivity contribution in [2.24, 2.45) is 0 Å². The summed E-state index contributed by atoms with van der Waals surface area (Å²) in [4.78, 5) is 25.6. The van der Waals surface area contributed by atoms with Crippen LogP contribution in [0.5, 0.6) is 5.75 Å². The van der Waals surface area contributed by atoms with E-state index in [-0.39, 0.29) is 12.3 Å². The minimum Gasteiger partial charge on any atom is -0.488 e. The van der Waals surface area contributed by atoms with Crippen LogP contribution in [0.1, 0.15) is 52.8 Å². The summed E-state index contributed by atoms with van der Waals surface area (Å²) in [6.07, 6.45) is 1.58. The SMILES string of the molecule is CCOC(=O)c1noc(-c2ccc(-c3cc(C)c(COc4ccc(CC(C=O)OCC)cc4)s3)cc2)c1CC. The van der Waals surface area contributed by atoms with Crippen molar-refractivity contribution in [3.63, 3.8) is 0 Å². The van der Waals surface area contributed by atoms with Crippen molar-refractivity contribution in [2.75, 3.05) is 13.2 Å². The van der Waals surface area contributed by atoms with Gasteiger partial charge in [-0.25, -0.2) is 4.79 Å². The molecule has 0 bridgehead atoms. The maximum Gasteiger partial charge on any atom is 0.360 e. The summed E-state index contributed by atoms with van der Waals surface area (Å²) in [7, 11) is 0. The molecular formula is C31H33NO6S. The molecule has 7 nitrogen and oxygen atoms in total. The van der Waals surface area contributed by atoms with Gasteiger partial charge in [-0.15, -0.1) is 11.3 Å². The Balaban J connectivity index is 1.42. The number of hydrogen-bond acceptors (Lipinski definition) is 8. The number of hydrogen-bond donors (Lipinski definition) is 0. The van der Waals surface area contributed by atoms with Crippen LogP contribution in [-0.2, 0) is 33.7 Å². The van der Waals surface area contributed by atoms with Crippen molar-refractivity contribution >= 4 is 23.6 Å². The molecule has 0 N–H and O–H groups in total. The number of carbonyl (C=O) groups is 2. The van der Waals surface area contributed by atoms with E-state index in [1.165, 1.54) is 5.56 Å². The summed E-state index contributed by atoms with van der Waals surface area (Å²) in [5, 5.41) is 3.97. The number of aromatic nitrogens is 1. The average molecular weight is 548 g/mol. The molecule has 0 spiro atoms. The highest BCUT2D eigenvalue weighted by Gasteiger charge is 2.22. The van der Waals surface area contributed by atoms with Gasteiger partial charge >= 0.3 is 5.97 Å². The summed E-state index contributed by atoms with van der Waals surface area (Å²) in [5.41, 5.74) is 5.13. The Morgan fingerprint density at radius 1 is 1.03 bits per heavy atom. The van der Waals surface area contributed by atoms with Gasteiger partial charge in [0, 0.05) is 33.9 Å². The van der Waals surface area contributed by atoms with Crippen molar-refractivity contribution in [2.45, 2.75) is 53.2 Å². The van der Waals surface area contributed by atoms with Crippen molar-refractivity contribution in [1.82, 2.24) is 5.16 Å². The zero-order valence-electron chi connectivity index (χ0n) is 22.7. The van der Waals surface area contributed by atoms with Gasteiger partial charge in [0.2, 0.25) is 0 Å². The lowest BCUT2D eigenvalue weighted by Crippen LogP contribution is -2.17. The fraction of sp³-hybridized carbons (Fsp3) is 0.323. The van der Waals surface area contributed by atoms with Crippen LogP contribution in [0.25, 0.3) is 21.8 Å². The molecule has 0 saturated heterocycles. The van der Waals surface area contributed by atoms with Crippen LogP contribution in [0.2, 0.25) is 0 Å². The predicted octanol–water partition coefficient (Wildman–Crippen LogP) is 6.84. The molecular weight excluding hydrogens is 514 g/mol. The van der Waals surface area contributed by atoms with Crippen LogP contribution in [0.3, 0.4) is 0 Å². The Labute approximate surface area is 232 Å². The third kappa shape index (κ3) is 6.82. The number of benzene rings is 2. The van der Waals surface area contributed by atoms with E-state index in [1.807, 2.05) is 62.4 Å². The topological polar surface area (TPSA) is 87.9 Å². The lowest BCUT2D eigenvalue weighted by molar-refractivity contribution is -0.117. The van der Waals surface area contributed by atoms with Gasteiger partial charge in [-0.2, -0.15) is 0 Å². The van der Waals surface area contributed by atoms with Gasteiger partial charge in [-0.3, -0.25) is 0 Å². The van der Waals surface area contributed by atoms with Gasteiger partial charge in [0.15, 0.2) is 11.5 Å². The van der Waals surface area contributed by atoms with E-state index in [0.29, 0.717) is 31.8 Å². The van der Waals surface area contributed by atoms with E-state index in [0.717, 1.165) is 44.0 Å². The van der Waals surface area contributed by atoms with Crippen LogP contribution in [0.15, 0.2) is 59.1 Å². The van der Waals surface area contributed by atoms with Crippen molar-refractivity contribution in [3.05, 3.63) is 81.9 Å². The number of ether oxygens (including phenoxy) is 3. The second-order valence-corrected chi connectivity index (χ2v) is 10.1. The second-order valence-electron chi connectivity index (χ2n) is 8.97. The Hall–Kier alpha value is -3.75. The normalized spacial score (nSPS) is 11.8. The molecule has 0 fully saturated rings. The minimum absolute atomic E-state index is 0.238. The second kappa shape index (κ2) is 13.4. The summed E-state index contributed by atoms with van der Waals surface area (Å²) in [6.45, 7) is 8.96. The molecule has 0 amide bonds. The van der Waals surface area contributed by atoms with Crippen molar-refractivity contribution in [1.29, 1.82) is 0 Å². The van der Waals surface area contributed by atoms with E-state index in [4.69, 9.17) is 18.7 Å². The summed E-state index contributed by atoms with van der Waals surface area (Å²) >= 11 is 1.70. The van der Waals surface area contributed by atoms with Crippen LogP contribution in [-0.4, -0.2) is 36.7 Å². The molecule has 0 saturated carbocycles. The highest BCUT2D eigenvalue weighted by Crippen LogP contribution is 2.34. The molecule has 2 aromatic heterocycles. The monoisotopic (exact) mass is 547 g/mol. The summed E-state index contributed by atoms with van der Waals surface area (Å²) in [6, 6.07) is 18.0. The molecule has 4 rings (SSSR count). The van der Waals surface area contributed by atoms with E-state index >= 15 is 0 Å². The van der Waals surface area contributed by atoms with Gasteiger partial charge in [0.1, 0.15) is 24.7 Å². The summed E-state index contributed by atoms with van der Waals surface area (Å²) in [5.74, 6) is 0.903. The molecule has 1 atom stereocenters. The van der Waals surface area contributed by atoms with E-state index < -0.39 is 12.1 Å². The average Bonchev–Trinajstić information content (AvgIpc) is 3.56. The molecule has 2 aromatic carbocycles. The smallest absolute Gasteiger partial charge is 0.360 e. The minimum atomic E-state index is -0.464. The fourth-order valence-electron chi connectivity index (χ4n) is 4.28. The fourth-order valence-corrected chi connectivity index (χ4v) is 5.37. The Morgan fingerprint density at radius 2 is 1.74 bits per heavy atom. The number of thiophene rings is 1. The van der Waals surface area contributed by atoms with Gasteiger partial charge < -0.3 is 23.5 Å². The van der Waals surface area contributed by atoms with Gasteiger partial charge in [-0.05, 0) is 62.1 Å². The molecule has 39 heavy (non-hydrogen) atoms. The Morgan fingerprint density at radius 3 is 2.38 bits per heavy atom. The predicted molar refractivity (Wildman–Crippen MR) is 151 cm³/mol. The zero-order chi connectivity index (χ0) is 27.8. The van der Waals surface area contributed by atoms with E-state index in [9.17, 15) is 9.59 Å². The van der Waals surface area contributed by atoms with Gasteiger partial charge in [0.25, 0.3) is 0 Å².